The monoisotopic (exact) mass is 239 g/mol. The number of nitrogens with two attached hydrogens (primary N) is 1. The van der Waals surface area contributed by atoms with E-state index < -0.39 is 5.82 Å². The quantitative estimate of drug-likeness (QED) is 0.603. The van der Waals surface area contributed by atoms with E-state index >= 15 is 0 Å². The molecular weight excluding hydrogens is 221 g/mol. The van der Waals surface area contributed by atoms with Gasteiger partial charge in [0.1, 0.15) is 0 Å². The molecule has 1 aromatic rings. The van der Waals surface area contributed by atoms with Crippen LogP contribution in [0.1, 0.15) is 20.3 Å². The van der Waals surface area contributed by atoms with Crippen LogP contribution in [0.2, 0.25) is 0 Å². The third kappa shape index (κ3) is 2.46. The number of anilines is 2. The van der Waals surface area contributed by atoms with Gasteiger partial charge < -0.3 is 4.90 Å². The van der Waals surface area contributed by atoms with Crippen LogP contribution in [0.15, 0.2) is 6.20 Å². The lowest BCUT2D eigenvalue weighted by Crippen LogP contribution is -2.39. The Balaban J connectivity index is 2.21. The molecule has 0 amide bonds. The summed E-state index contributed by atoms with van der Waals surface area (Å²) >= 11 is 0. The molecule has 0 spiro atoms. The Morgan fingerprint density at radius 3 is 2.88 bits per heavy atom. The lowest BCUT2D eigenvalue weighted by atomic mass is 9.89. The predicted molar refractivity (Wildman–Crippen MR) is 65.0 cm³/mol. The number of aromatic nitrogens is 2. The molecule has 17 heavy (non-hydrogen) atoms. The summed E-state index contributed by atoms with van der Waals surface area (Å²) in [6, 6.07) is 0. The molecule has 2 heterocycles. The van der Waals surface area contributed by atoms with Gasteiger partial charge in [0.25, 0.3) is 0 Å². The smallest absolute Gasteiger partial charge is 0.239 e. The molecule has 0 radical (unpaired) electrons. The highest BCUT2D eigenvalue weighted by molar-refractivity contribution is 5.44. The molecule has 0 aliphatic carbocycles. The first-order valence-electron chi connectivity index (χ1n) is 5.86. The highest BCUT2D eigenvalue weighted by Gasteiger charge is 2.25. The average Bonchev–Trinajstić information content (AvgIpc) is 2.33. The highest BCUT2D eigenvalue weighted by atomic mass is 19.1. The number of halogens is 1. The van der Waals surface area contributed by atoms with E-state index in [0.717, 1.165) is 25.7 Å². The second kappa shape index (κ2) is 4.83. The molecule has 2 unspecified atom stereocenters. The minimum atomic E-state index is -0.397. The van der Waals surface area contributed by atoms with Crippen LogP contribution in [0.25, 0.3) is 0 Å². The molecule has 5 nitrogen and oxygen atoms in total. The lowest BCUT2D eigenvalue weighted by molar-refractivity contribution is 0.321. The molecule has 6 heteroatoms. The molecule has 2 atom stereocenters. The van der Waals surface area contributed by atoms with Crippen LogP contribution < -0.4 is 16.2 Å². The van der Waals surface area contributed by atoms with Gasteiger partial charge in [-0.15, -0.1) is 0 Å². The Morgan fingerprint density at radius 2 is 2.24 bits per heavy atom. The van der Waals surface area contributed by atoms with Crippen LogP contribution in [-0.4, -0.2) is 23.1 Å². The standard InChI is InChI=1S/C11H18FN5/c1-7-3-4-17(6-8(7)2)10-9(12)5-14-11(15-10)16-13/h5,7-8H,3-4,6,13H2,1-2H3,(H,14,15,16). The predicted octanol–water partition coefficient (Wildman–Crippen LogP) is 1.38. The molecule has 1 saturated heterocycles. The van der Waals surface area contributed by atoms with Crippen LogP contribution in [0.3, 0.4) is 0 Å². The molecule has 1 aromatic heterocycles. The SMILES string of the molecule is CC1CCN(c2nc(NN)ncc2F)CC1C. The van der Waals surface area contributed by atoms with Crippen molar-refractivity contribution < 1.29 is 4.39 Å². The van der Waals surface area contributed by atoms with Crippen molar-refractivity contribution in [3.8, 4) is 0 Å². The van der Waals surface area contributed by atoms with Crippen molar-refractivity contribution in [3.05, 3.63) is 12.0 Å². The summed E-state index contributed by atoms with van der Waals surface area (Å²) in [5.41, 5.74) is 2.34. The van der Waals surface area contributed by atoms with Gasteiger partial charge in [0.15, 0.2) is 11.6 Å². The van der Waals surface area contributed by atoms with Crippen LogP contribution in [-0.2, 0) is 0 Å². The minimum Gasteiger partial charge on any atom is -0.354 e. The summed E-state index contributed by atoms with van der Waals surface area (Å²) in [5.74, 6) is 6.62. The molecular formula is C11H18FN5. The second-order valence-electron chi connectivity index (χ2n) is 4.70. The van der Waals surface area contributed by atoms with E-state index in [2.05, 4.69) is 29.2 Å². The zero-order valence-corrected chi connectivity index (χ0v) is 10.2. The van der Waals surface area contributed by atoms with Crippen molar-refractivity contribution in [2.45, 2.75) is 20.3 Å². The van der Waals surface area contributed by atoms with Crippen molar-refractivity contribution in [2.75, 3.05) is 23.4 Å². The van der Waals surface area contributed by atoms with E-state index in [0.29, 0.717) is 17.7 Å². The van der Waals surface area contributed by atoms with Crippen LogP contribution in [0, 0.1) is 17.7 Å². The van der Waals surface area contributed by atoms with E-state index in [4.69, 9.17) is 5.84 Å². The van der Waals surface area contributed by atoms with Gasteiger partial charge in [0.05, 0.1) is 6.20 Å². The van der Waals surface area contributed by atoms with E-state index in [1.807, 2.05) is 4.90 Å². The van der Waals surface area contributed by atoms with Gasteiger partial charge in [0, 0.05) is 13.1 Å². The summed E-state index contributed by atoms with van der Waals surface area (Å²) in [5, 5.41) is 0. The normalized spacial score (nSPS) is 24.8. The highest BCUT2D eigenvalue weighted by Crippen LogP contribution is 2.27. The molecule has 1 fully saturated rings. The van der Waals surface area contributed by atoms with Crippen molar-refractivity contribution in [2.24, 2.45) is 17.7 Å². The molecule has 3 N–H and O–H groups in total. The number of hydrazine groups is 1. The van der Waals surface area contributed by atoms with Gasteiger partial charge >= 0.3 is 0 Å². The first-order chi connectivity index (χ1) is 8.11. The first-order valence-corrected chi connectivity index (χ1v) is 5.86. The fourth-order valence-corrected chi connectivity index (χ4v) is 2.10. The summed E-state index contributed by atoms with van der Waals surface area (Å²) in [6.45, 7) is 6.05. The van der Waals surface area contributed by atoms with Crippen LogP contribution in [0.5, 0.6) is 0 Å². The molecule has 2 rings (SSSR count). The Labute approximate surface area is 100 Å². The summed E-state index contributed by atoms with van der Waals surface area (Å²) < 4.78 is 13.7. The molecule has 0 bridgehead atoms. The summed E-state index contributed by atoms with van der Waals surface area (Å²) in [6.07, 6.45) is 2.20. The zero-order valence-electron chi connectivity index (χ0n) is 10.2. The fourth-order valence-electron chi connectivity index (χ4n) is 2.10. The largest absolute Gasteiger partial charge is 0.354 e. The Morgan fingerprint density at radius 1 is 1.47 bits per heavy atom. The average molecular weight is 239 g/mol. The number of nitrogens with one attached hydrogen (secondary N) is 1. The Hall–Kier alpha value is -1.43. The fraction of sp³-hybridized carbons (Fsp3) is 0.636. The number of nitrogen functional groups attached to an aromatic ring is 1. The van der Waals surface area contributed by atoms with Crippen molar-refractivity contribution >= 4 is 11.8 Å². The second-order valence-corrected chi connectivity index (χ2v) is 4.70. The van der Waals surface area contributed by atoms with Gasteiger partial charge in [-0.25, -0.2) is 15.2 Å². The lowest BCUT2D eigenvalue weighted by Gasteiger charge is -2.36. The van der Waals surface area contributed by atoms with Crippen LogP contribution in [0.4, 0.5) is 16.2 Å². The first kappa shape index (κ1) is 12.0. The van der Waals surface area contributed by atoms with Gasteiger partial charge in [-0.2, -0.15) is 4.98 Å². The zero-order chi connectivity index (χ0) is 12.4. The Bertz CT molecular complexity index is 397. The molecule has 0 saturated carbocycles. The molecule has 1 aliphatic rings. The maximum atomic E-state index is 13.7. The number of rotatable bonds is 2. The van der Waals surface area contributed by atoms with Crippen molar-refractivity contribution in [1.29, 1.82) is 0 Å². The van der Waals surface area contributed by atoms with Crippen molar-refractivity contribution in [1.82, 2.24) is 9.97 Å². The Kier molecular flexibility index (Phi) is 3.42. The number of piperidine rings is 1. The van der Waals surface area contributed by atoms with E-state index in [9.17, 15) is 4.39 Å². The maximum absolute atomic E-state index is 13.7. The van der Waals surface area contributed by atoms with Crippen molar-refractivity contribution in [3.63, 3.8) is 0 Å². The van der Waals surface area contributed by atoms with Gasteiger partial charge in [0.2, 0.25) is 5.95 Å². The number of hydrogen-bond acceptors (Lipinski definition) is 5. The van der Waals surface area contributed by atoms with Gasteiger partial charge in [-0.05, 0) is 18.3 Å². The number of nitrogens with zero attached hydrogens (tertiary/aromatic N) is 3. The molecule has 94 valence electrons. The van der Waals surface area contributed by atoms with E-state index in [-0.39, 0.29) is 5.95 Å². The third-order valence-corrected chi connectivity index (χ3v) is 3.49. The summed E-state index contributed by atoms with van der Waals surface area (Å²) in [7, 11) is 0. The van der Waals surface area contributed by atoms with Gasteiger partial charge in [-0.1, -0.05) is 13.8 Å². The number of hydrogen-bond donors (Lipinski definition) is 2. The van der Waals surface area contributed by atoms with E-state index in [1.165, 1.54) is 0 Å². The maximum Gasteiger partial charge on any atom is 0.239 e. The summed E-state index contributed by atoms with van der Waals surface area (Å²) in [4.78, 5) is 9.78. The minimum absolute atomic E-state index is 0.243. The topological polar surface area (TPSA) is 67.1 Å². The van der Waals surface area contributed by atoms with Crippen LogP contribution >= 0.6 is 0 Å². The van der Waals surface area contributed by atoms with E-state index in [1.54, 1.807) is 0 Å². The van der Waals surface area contributed by atoms with Gasteiger partial charge in [-0.3, -0.25) is 5.43 Å². The molecule has 1 aliphatic heterocycles. The molecule has 0 aromatic carbocycles. The third-order valence-electron chi connectivity index (χ3n) is 3.49.